The van der Waals surface area contributed by atoms with Crippen molar-refractivity contribution in [3.8, 4) is 0 Å². The van der Waals surface area contributed by atoms with Gasteiger partial charge in [0.1, 0.15) is 4.90 Å². The second kappa shape index (κ2) is 3.12. The second-order valence-electron chi connectivity index (χ2n) is 3.13. The summed E-state index contributed by atoms with van der Waals surface area (Å²) in [6.45, 7) is 1.73. The molecule has 0 amide bonds. The first kappa shape index (κ1) is 9.76. The van der Waals surface area contributed by atoms with Gasteiger partial charge >= 0.3 is 0 Å². The van der Waals surface area contributed by atoms with Gasteiger partial charge in [0.2, 0.25) is 10.0 Å². The predicted molar refractivity (Wildman–Crippen MR) is 54.9 cm³/mol. The molecule has 0 unspecified atom stereocenters. The van der Waals surface area contributed by atoms with E-state index in [-0.39, 0.29) is 11.1 Å². The Bertz CT molecular complexity index is 472. The van der Waals surface area contributed by atoms with Gasteiger partial charge in [-0.05, 0) is 25.1 Å². The molecule has 1 aliphatic rings. The molecule has 2 N–H and O–H groups in total. The smallest absolute Gasteiger partial charge is 0.244 e. The standard InChI is InChI=1S/C8H9ClN2O2S/c1-5-10-7-3-2-6(9)4-8(7)14(12,13)11-5/h2-5,10-11H,1H3/t5-/m0/s1. The molecular weight excluding hydrogens is 224 g/mol. The van der Waals surface area contributed by atoms with Gasteiger partial charge in [0.15, 0.2) is 0 Å². The zero-order valence-electron chi connectivity index (χ0n) is 7.41. The highest BCUT2D eigenvalue weighted by molar-refractivity contribution is 7.89. The van der Waals surface area contributed by atoms with Gasteiger partial charge in [-0.1, -0.05) is 11.6 Å². The molecule has 14 heavy (non-hydrogen) atoms. The summed E-state index contributed by atoms with van der Waals surface area (Å²) >= 11 is 5.72. The summed E-state index contributed by atoms with van der Waals surface area (Å²) < 4.78 is 25.7. The Morgan fingerprint density at radius 2 is 2.14 bits per heavy atom. The number of anilines is 1. The Morgan fingerprint density at radius 1 is 1.43 bits per heavy atom. The third-order valence-corrected chi connectivity index (χ3v) is 3.75. The zero-order chi connectivity index (χ0) is 10.3. The summed E-state index contributed by atoms with van der Waals surface area (Å²) in [4.78, 5) is 0.197. The first-order chi connectivity index (χ1) is 6.49. The summed E-state index contributed by atoms with van der Waals surface area (Å²) in [5, 5.41) is 3.40. The minimum absolute atomic E-state index is 0.197. The van der Waals surface area contributed by atoms with Crippen LogP contribution in [0.3, 0.4) is 0 Å². The summed E-state index contributed by atoms with van der Waals surface area (Å²) in [5.41, 5.74) is 0.584. The van der Waals surface area contributed by atoms with E-state index >= 15 is 0 Å². The lowest BCUT2D eigenvalue weighted by Crippen LogP contribution is -2.42. The number of nitrogens with one attached hydrogen (secondary N) is 2. The predicted octanol–water partition coefficient (Wildman–Crippen LogP) is 1.39. The summed E-state index contributed by atoms with van der Waals surface area (Å²) in [5.74, 6) is 0. The van der Waals surface area contributed by atoms with Crippen LogP contribution in [0.25, 0.3) is 0 Å². The molecular formula is C8H9ClN2O2S. The third kappa shape index (κ3) is 1.58. The summed E-state index contributed by atoms with van der Waals surface area (Å²) in [6.07, 6.45) is -0.298. The van der Waals surface area contributed by atoms with Crippen molar-refractivity contribution in [3.05, 3.63) is 23.2 Å². The molecule has 0 radical (unpaired) electrons. The number of benzene rings is 1. The molecule has 0 saturated carbocycles. The SMILES string of the molecule is C[C@H]1Nc2ccc(Cl)cc2S(=O)(=O)N1. The number of hydrogen-bond acceptors (Lipinski definition) is 3. The molecule has 1 atom stereocenters. The Morgan fingerprint density at radius 3 is 2.86 bits per heavy atom. The molecule has 76 valence electrons. The van der Waals surface area contributed by atoms with Crippen molar-refractivity contribution >= 4 is 27.3 Å². The fourth-order valence-electron chi connectivity index (χ4n) is 1.40. The number of sulfonamides is 1. The van der Waals surface area contributed by atoms with Crippen LogP contribution >= 0.6 is 11.6 Å². The van der Waals surface area contributed by atoms with Crippen LogP contribution in [-0.2, 0) is 10.0 Å². The molecule has 0 bridgehead atoms. The Kier molecular flexibility index (Phi) is 2.17. The van der Waals surface area contributed by atoms with Gasteiger partial charge in [0.05, 0.1) is 11.9 Å². The minimum atomic E-state index is -3.41. The van der Waals surface area contributed by atoms with Crippen molar-refractivity contribution in [2.45, 2.75) is 18.0 Å². The third-order valence-electron chi connectivity index (χ3n) is 1.94. The van der Waals surface area contributed by atoms with Gasteiger partial charge in [-0.25, -0.2) is 8.42 Å². The highest BCUT2D eigenvalue weighted by Crippen LogP contribution is 2.28. The fraction of sp³-hybridized carbons (Fsp3) is 0.250. The fourth-order valence-corrected chi connectivity index (χ4v) is 2.98. The zero-order valence-corrected chi connectivity index (χ0v) is 8.98. The summed E-state index contributed by atoms with van der Waals surface area (Å²) in [7, 11) is -3.41. The van der Waals surface area contributed by atoms with Gasteiger partial charge in [-0.3, -0.25) is 0 Å². The Hall–Kier alpha value is -0.780. The number of rotatable bonds is 0. The molecule has 0 saturated heterocycles. The lowest BCUT2D eigenvalue weighted by atomic mass is 10.3. The molecule has 4 nitrogen and oxygen atoms in total. The van der Waals surface area contributed by atoms with Crippen LogP contribution in [0.2, 0.25) is 5.02 Å². The van der Waals surface area contributed by atoms with E-state index in [0.29, 0.717) is 10.7 Å². The first-order valence-corrected chi connectivity index (χ1v) is 5.93. The topological polar surface area (TPSA) is 58.2 Å². The van der Waals surface area contributed by atoms with Crippen LogP contribution < -0.4 is 10.0 Å². The van der Waals surface area contributed by atoms with E-state index in [1.54, 1.807) is 19.1 Å². The van der Waals surface area contributed by atoms with E-state index in [1.165, 1.54) is 6.07 Å². The maximum absolute atomic E-state index is 11.6. The molecule has 1 aromatic rings. The molecule has 1 aromatic carbocycles. The maximum atomic E-state index is 11.6. The van der Waals surface area contributed by atoms with Crippen LogP contribution in [0.1, 0.15) is 6.92 Å². The van der Waals surface area contributed by atoms with Crippen LogP contribution in [-0.4, -0.2) is 14.6 Å². The monoisotopic (exact) mass is 232 g/mol. The molecule has 1 heterocycles. The van der Waals surface area contributed by atoms with Crippen molar-refractivity contribution in [2.75, 3.05) is 5.32 Å². The lowest BCUT2D eigenvalue weighted by molar-refractivity contribution is 0.565. The molecule has 6 heteroatoms. The van der Waals surface area contributed by atoms with Gasteiger partial charge < -0.3 is 5.32 Å². The van der Waals surface area contributed by atoms with Crippen molar-refractivity contribution < 1.29 is 8.42 Å². The van der Waals surface area contributed by atoms with E-state index in [2.05, 4.69) is 10.0 Å². The van der Waals surface area contributed by atoms with E-state index in [4.69, 9.17) is 11.6 Å². The number of halogens is 1. The average molecular weight is 233 g/mol. The van der Waals surface area contributed by atoms with E-state index < -0.39 is 10.0 Å². The first-order valence-electron chi connectivity index (χ1n) is 4.07. The molecule has 0 fully saturated rings. The van der Waals surface area contributed by atoms with Crippen LogP contribution in [0, 0.1) is 0 Å². The molecule has 0 spiro atoms. The normalized spacial score (nSPS) is 23.7. The van der Waals surface area contributed by atoms with Gasteiger partial charge in [0, 0.05) is 5.02 Å². The van der Waals surface area contributed by atoms with Crippen LogP contribution in [0.5, 0.6) is 0 Å². The van der Waals surface area contributed by atoms with Crippen molar-refractivity contribution in [2.24, 2.45) is 0 Å². The molecule has 0 aromatic heterocycles. The maximum Gasteiger partial charge on any atom is 0.244 e. The van der Waals surface area contributed by atoms with Crippen LogP contribution in [0.15, 0.2) is 23.1 Å². The highest BCUT2D eigenvalue weighted by atomic mass is 35.5. The second-order valence-corrected chi connectivity index (χ2v) is 5.25. The minimum Gasteiger partial charge on any atom is -0.368 e. The molecule has 2 rings (SSSR count). The Labute approximate surface area is 87.3 Å². The molecule has 1 aliphatic heterocycles. The lowest BCUT2D eigenvalue weighted by Gasteiger charge is -2.25. The highest BCUT2D eigenvalue weighted by Gasteiger charge is 2.26. The van der Waals surface area contributed by atoms with Gasteiger partial charge in [0.25, 0.3) is 0 Å². The van der Waals surface area contributed by atoms with Crippen molar-refractivity contribution in [3.63, 3.8) is 0 Å². The van der Waals surface area contributed by atoms with Crippen molar-refractivity contribution in [1.82, 2.24) is 4.72 Å². The summed E-state index contributed by atoms with van der Waals surface area (Å²) in [6, 6.07) is 4.74. The Balaban J connectivity index is 2.65. The van der Waals surface area contributed by atoms with E-state index in [1.807, 2.05) is 0 Å². The quantitative estimate of drug-likeness (QED) is 0.711. The number of fused-ring (bicyclic) bond motifs is 1. The average Bonchev–Trinajstić information content (AvgIpc) is 2.05. The van der Waals surface area contributed by atoms with E-state index in [9.17, 15) is 8.42 Å². The van der Waals surface area contributed by atoms with Crippen molar-refractivity contribution in [1.29, 1.82) is 0 Å². The number of hydrogen-bond donors (Lipinski definition) is 2. The molecule has 0 aliphatic carbocycles. The van der Waals surface area contributed by atoms with Gasteiger partial charge in [-0.2, -0.15) is 4.72 Å². The largest absolute Gasteiger partial charge is 0.368 e. The van der Waals surface area contributed by atoms with Crippen LogP contribution in [0.4, 0.5) is 5.69 Å². The van der Waals surface area contributed by atoms with Gasteiger partial charge in [-0.15, -0.1) is 0 Å². The van der Waals surface area contributed by atoms with E-state index in [0.717, 1.165) is 0 Å².